The van der Waals surface area contributed by atoms with Crippen LogP contribution >= 0.6 is 0 Å². The van der Waals surface area contributed by atoms with Crippen LogP contribution in [0.1, 0.15) is 58.3 Å². The lowest BCUT2D eigenvalue weighted by Crippen LogP contribution is -2.21. The van der Waals surface area contributed by atoms with Crippen LogP contribution in [0, 0.1) is 18.8 Å². The number of imidazole rings is 2. The molecule has 2 aliphatic rings. The zero-order valence-electron chi connectivity index (χ0n) is 22.9. The molecule has 0 amide bonds. The first kappa shape index (κ1) is 25.4. The zero-order valence-corrected chi connectivity index (χ0v) is 22.9. The maximum atomic E-state index is 12.7. The number of aryl methyl sites for hydroxylation is 2. The Morgan fingerprint density at radius 3 is 2.36 bits per heavy atom. The predicted molar refractivity (Wildman–Crippen MR) is 152 cm³/mol. The van der Waals surface area contributed by atoms with Crippen molar-refractivity contribution in [2.45, 2.75) is 72.0 Å². The molecule has 4 heterocycles. The highest BCUT2D eigenvalue weighted by atomic mass is 16.1. The summed E-state index contributed by atoms with van der Waals surface area (Å²) >= 11 is 0. The van der Waals surface area contributed by atoms with Gasteiger partial charge >= 0.3 is 5.69 Å². The van der Waals surface area contributed by atoms with Crippen LogP contribution in [0.15, 0.2) is 41.7 Å². The van der Waals surface area contributed by atoms with E-state index in [9.17, 15) is 4.79 Å². The lowest BCUT2D eigenvalue weighted by molar-refractivity contribution is 0.485. The smallest absolute Gasteiger partial charge is 0.326 e. The van der Waals surface area contributed by atoms with Crippen LogP contribution in [0.25, 0.3) is 44.8 Å². The van der Waals surface area contributed by atoms with Crippen LogP contribution in [0.3, 0.4) is 0 Å². The van der Waals surface area contributed by atoms with E-state index >= 15 is 0 Å². The van der Waals surface area contributed by atoms with Gasteiger partial charge in [0.05, 0.1) is 16.6 Å². The van der Waals surface area contributed by atoms with Gasteiger partial charge in [0.25, 0.3) is 0 Å². The first-order chi connectivity index (χ1) is 18.9. The fraction of sp³-hybridized carbons (Fsp3) is 0.448. The number of hydrogen-bond donors (Lipinski definition) is 2. The standard InChI is InChI=1S/C24H24N8O.C5H11N/c1-4-31-22(17-10-25-14(3)26-11-17)30-21-20(27-12-28-23(21)31)16-7-8-18-19(9-16)32(24(33)29-18)13(2)15-5-6-15;1-4(6)5-2-3-5/h7-13,15H,4-6H2,1-3H3,(H,29,33);4-5H,2-3,6H2,1H3. The Balaban J connectivity index is 0.000000410. The van der Waals surface area contributed by atoms with Crippen molar-refractivity contribution >= 4 is 22.2 Å². The van der Waals surface area contributed by atoms with Gasteiger partial charge in [-0.25, -0.2) is 29.7 Å². The molecule has 2 aliphatic carbocycles. The maximum absolute atomic E-state index is 12.7. The van der Waals surface area contributed by atoms with Gasteiger partial charge in [0, 0.05) is 36.6 Å². The Bertz CT molecular complexity index is 1690. The summed E-state index contributed by atoms with van der Waals surface area (Å²) in [5.41, 5.74) is 11.1. The number of rotatable bonds is 6. The van der Waals surface area contributed by atoms with E-state index in [1.165, 1.54) is 25.7 Å². The lowest BCUT2D eigenvalue weighted by atomic mass is 10.1. The number of aromatic amines is 1. The summed E-state index contributed by atoms with van der Waals surface area (Å²) in [6.45, 7) is 8.83. The Labute approximate surface area is 226 Å². The molecule has 0 radical (unpaired) electrons. The summed E-state index contributed by atoms with van der Waals surface area (Å²) in [4.78, 5) is 38.4. The van der Waals surface area contributed by atoms with Crippen LogP contribution < -0.4 is 11.4 Å². The highest BCUT2D eigenvalue weighted by molar-refractivity contribution is 5.92. The number of fused-ring (bicyclic) bond motifs is 2. The average Bonchev–Trinajstić information content (AvgIpc) is 3.86. The van der Waals surface area contributed by atoms with Gasteiger partial charge in [0.15, 0.2) is 5.65 Å². The van der Waals surface area contributed by atoms with E-state index in [-0.39, 0.29) is 11.7 Å². The van der Waals surface area contributed by atoms with Crippen molar-refractivity contribution in [3.8, 4) is 22.6 Å². The average molecular weight is 526 g/mol. The summed E-state index contributed by atoms with van der Waals surface area (Å²) < 4.78 is 3.93. The summed E-state index contributed by atoms with van der Waals surface area (Å²) in [6.07, 6.45) is 10.2. The summed E-state index contributed by atoms with van der Waals surface area (Å²) in [7, 11) is 0. The van der Waals surface area contributed by atoms with Gasteiger partial charge in [-0.15, -0.1) is 0 Å². The Morgan fingerprint density at radius 2 is 1.74 bits per heavy atom. The summed E-state index contributed by atoms with van der Waals surface area (Å²) in [6, 6.07) is 6.59. The van der Waals surface area contributed by atoms with E-state index in [4.69, 9.17) is 10.7 Å². The van der Waals surface area contributed by atoms with E-state index in [0.29, 0.717) is 29.8 Å². The number of nitrogens with two attached hydrogens (primary N) is 1. The van der Waals surface area contributed by atoms with Crippen molar-refractivity contribution in [1.82, 2.24) is 39.0 Å². The number of hydrogen-bond acceptors (Lipinski definition) is 7. The summed E-state index contributed by atoms with van der Waals surface area (Å²) in [5, 5.41) is 0. The molecule has 1 aromatic carbocycles. The molecule has 2 atom stereocenters. The Hall–Kier alpha value is -3.92. The molecule has 10 heteroatoms. The zero-order chi connectivity index (χ0) is 27.3. The van der Waals surface area contributed by atoms with E-state index in [0.717, 1.165) is 45.2 Å². The van der Waals surface area contributed by atoms with Gasteiger partial charge in [0.1, 0.15) is 29.2 Å². The molecule has 2 fully saturated rings. The van der Waals surface area contributed by atoms with Crippen LogP contribution in [0.5, 0.6) is 0 Å². The predicted octanol–water partition coefficient (Wildman–Crippen LogP) is 4.64. The molecule has 7 rings (SSSR count). The summed E-state index contributed by atoms with van der Waals surface area (Å²) in [5.74, 6) is 2.92. The van der Waals surface area contributed by atoms with Gasteiger partial charge in [-0.05, 0) is 77.3 Å². The second-order valence-corrected chi connectivity index (χ2v) is 10.9. The number of H-pyrrole nitrogens is 1. The van der Waals surface area contributed by atoms with Gasteiger partial charge in [-0.1, -0.05) is 6.07 Å². The Morgan fingerprint density at radius 1 is 1.03 bits per heavy atom. The van der Waals surface area contributed by atoms with Gasteiger partial charge < -0.3 is 15.3 Å². The quantitative estimate of drug-likeness (QED) is 0.330. The van der Waals surface area contributed by atoms with Crippen LogP contribution in [-0.4, -0.2) is 45.1 Å². The second kappa shape index (κ2) is 10.00. The maximum Gasteiger partial charge on any atom is 0.326 e. The van der Waals surface area contributed by atoms with E-state index in [1.807, 2.05) is 29.7 Å². The van der Waals surface area contributed by atoms with Gasteiger partial charge in [-0.2, -0.15) is 0 Å². The van der Waals surface area contributed by atoms with Crippen molar-refractivity contribution in [2.75, 3.05) is 0 Å². The third-order valence-electron chi connectivity index (χ3n) is 7.96. The molecule has 4 aromatic heterocycles. The largest absolute Gasteiger partial charge is 0.328 e. The van der Waals surface area contributed by atoms with Crippen LogP contribution in [-0.2, 0) is 6.54 Å². The molecule has 2 saturated carbocycles. The minimum Gasteiger partial charge on any atom is -0.328 e. The number of nitrogens with one attached hydrogen (secondary N) is 1. The first-order valence-electron chi connectivity index (χ1n) is 13.9. The third kappa shape index (κ3) is 4.85. The molecule has 0 saturated heterocycles. The molecule has 39 heavy (non-hydrogen) atoms. The highest BCUT2D eigenvalue weighted by Gasteiger charge is 2.31. The Kier molecular flexibility index (Phi) is 6.50. The fourth-order valence-corrected chi connectivity index (χ4v) is 5.26. The highest BCUT2D eigenvalue weighted by Crippen LogP contribution is 2.40. The van der Waals surface area contributed by atoms with Gasteiger partial charge in [0.2, 0.25) is 0 Å². The minimum absolute atomic E-state index is 0.0636. The molecule has 0 aliphatic heterocycles. The number of aromatic nitrogens is 8. The fourth-order valence-electron chi connectivity index (χ4n) is 5.26. The lowest BCUT2D eigenvalue weighted by Gasteiger charge is -2.12. The molecule has 10 nitrogen and oxygen atoms in total. The third-order valence-corrected chi connectivity index (χ3v) is 7.96. The molecule has 0 spiro atoms. The molecule has 3 N–H and O–H groups in total. The normalized spacial score (nSPS) is 16.7. The molecule has 5 aromatic rings. The van der Waals surface area contributed by atoms with Crippen molar-refractivity contribution in [3.63, 3.8) is 0 Å². The van der Waals surface area contributed by atoms with Crippen LogP contribution in [0.4, 0.5) is 0 Å². The van der Waals surface area contributed by atoms with Crippen molar-refractivity contribution in [2.24, 2.45) is 17.6 Å². The number of benzene rings is 1. The van der Waals surface area contributed by atoms with E-state index in [1.54, 1.807) is 18.7 Å². The van der Waals surface area contributed by atoms with Gasteiger partial charge in [-0.3, -0.25) is 4.57 Å². The van der Waals surface area contributed by atoms with Crippen molar-refractivity contribution in [3.05, 3.63) is 53.2 Å². The van der Waals surface area contributed by atoms with Crippen molar-refractivity contribution < 1.29 is 0 Å². The SMILES string of the molecule is CC(N)C1CC1.CCn1c(-c2cnc(C)nc2)nc2c(-c3ccc4[nH]c(=O)n(C(C)C5CC5)c4c3)ncnc21. The second-order valence-electron chi connectivity index (χ2n) is 10.9. The minimum atomic E-state index is -0.0636. The van der Waals surface area contributed by atoms with E-state index < -0.39 is 0 Å². The monoisotopic (exact) mass is 525 g/mol. The molecular weight excluding hydrogens is 490 g/mol. The molecule has 202 valence electrons. The molecular formula is C29H35N9O. The van der Waals surface area contributed by atoms with Crippen LogP contribution in [0.2, 0.25) is 0 Å². The van der Waals surface area contributed by atoms with Crippen molar-refractivity contribution in [1.29, 1.82) is 0 Å². The van der Waals surface area contributed by atoms with E-state index in [2.05, 4.69) is 50.3 Å². The molecule has 2 unspecified atom stereocenters. The first-order valence-corrected chi connectivity index (χ1v) is 13.9. The number of nitrogens with zero attached hydrogens (tertiary/aromatic N) is 7. The topological polar surface area (TPSA) is 133 Å². The molecule has 0 bridgehead atoms.